The number of hydrogen-bond acceptors (Lipinski definition) is 6. The van der Waals surface area contributed by atoms with Gasteiger partial charge in [-0.25, -0.2) is 8.42 Å². The van der Waals surface area contributed by atoms with Gasteiger partial charge in [-0.05, 0) is 18.3 Å². The number of rotatable bonds is 6. The van der Waals surface area contributed by atoms with Gasteiger partial charge in [0, 0.05) is 12.7 Å². The lowest BCUT2D eigenvalue weighted by Crippen LogP contribution is -2.24. The van der Waals surface area contributed by atoms with Gasteiger partial charge in [0.2, 0.25) is 11.8 Å². The highest BCUT2D eigenvalue weighted by molar-refractivity contribution is 7.89. The molecular weight excluding hydrogens is 284 g/mol. The molecule has 8 heteroatoms. The largest absolute Gasteiger partial charge is 0.481 e. The summed E-state index contributed by atoms with van der Waals surface area (Å²) in [5.41, 5.74) is -0.333. The lowest BCUT2D eigenvalue weighted by molar-refractivity contribution is -0.139. The Labute approximate surface area is 117 Å². The zero-order valence-electron chi connectivity index (χ0n) is 11.3. The van der Waals surface area contributed by atoms with Crippen LogP contribution in [0.3, 0.4) is 0 Å². The molecule has 0 aliphatic heterocycles. The van der Waals surface area contributed by atoms with E-state index in [2.05, 4.69) is 10.2 Å². The third kappa shape index (κ3) is 4.03. The van der Waals surface area contributed by atoms with E-state index in [0.29, 0.717) is 12.3 Å². The molecule has 1 heterocycles. The Morgan fingerprint density at radius 1 is 1.30 bits per heavy atom. The van der Waals surface area contributed by atoms with E-state index in [1.807, 2.05) is 0 Å². The van der Waals surface area contributed by atoms with E-state index in [9.17, 15) is 13.2 Å². The normalized spacial score (nSPS) is 18.2. The second-order valence-electron chi connectivity index (χ2n) is 5.61. The maximum absolute atomic E-state index is 11.2. The third-order valence-corrected chi connectivity index (χ3v) is 4.38. The third-order valence-electron chi connectivity index (χ3n) is 3.61. The van der Waals surface area contributed by atoms with Crippen LogP contribution in [0.5, 0.6) is 0 Å². The lowest BCUT2D eigenvalue weighted by atomic mass is 9.79. The molecule has 0 radical (unpaired) electrons. The first-order chi connectivity index (χ1) is 9.28. The fourth-order valence-electron chi connectivity index (χ4n) is 2.83. The standard InChI is InChI=1S/C12H18N2O5S/c1-20(17,18)8-10-14-13-9(19-10)6-12(7-11(15)16)4-2-3-5-12/h2-8H2,1H3,(H,15,16). The molecule has 0 spiro atoms. The Morgan fingerprint density at radius 2 is 1.90 bits per heavy atom. The molecule has 1 aromatic rings. The van der Waals surface area contributed by atoms with E-state index in [0.717, 1.165) is 31.9 Å². The average molecular weight is 302 g/mol. The molecule has 0 saturated heterocycles. The van der Waals surface area contributed by atoms with Crippen molar-refractivity contribution in [3.05, 3.63) is 11.8 Å². The molecule has 1 saturated carbocycles. The van der Waals surface area contributed by atoms with Crippen LogP contribution in [-0.2, 0) is 26.8 Å². The zero-order chi connectivity index (χ0) is 14.8. The number of carboxylic acids is 1. The van der Waals surface area contributed by atoms with E-state index < -0.39 is 15.8 Å². The second-order valence-corrected chi connectivity index (χ2v) is 7.75. The Morgan fingerprint density at radius 3 is 2.45 bits per heavy atom. The van der Waals surface area contributed by atoms with Crippen LogP contribution in [0, 0.1) is 5.41 Å². The maximum atomic E-state index is 11.2. The van der Waals surface area contributed by atoms with Crippen LogP contribution in [0.15, 0.2) is 4.42 Å². The van der Waals surface area contributed by atoms with Crippen molar-refractivity contribution in [2.75, 3.05) is 6.26 Å². The number of aliphatic carboxylic acids is 1. The minimum absolute atomic E-state index is 0.0611. The van der Waals surface area contributed by atoms with Gasteiger partial charge in [-0.1, -0.05) is 12.8 Å². The van der Waals surface area contributed by atoms with Gasteiger partial charge in [-0.3, -0.25) is 4.79 Å². The molecule has 1 aliphatic carbocycles. The average Bonchev–Trinajstić information content (AvgIpc) is 2.86. The van der Waals surface area contributed by atoms with Crippen LogP contribution in [0.1, 0.15) is 43.9 Å². The summed E-state index contributed by atoms with van der Waals surface area (Å²) in [6, 6.07) is 0. The first-order valence-electron chi connectivity index (χ1n) is 6.49. The van der Waals surface area contributed by atoms with E-state index in [4.69, 9.17) is 9.52 Å². The van der Waals surface area contributed by atoms with Crippen molar-refractivity contribution in [1.82, 2.24) is 10.2 Å². The Balaban J connectivity index is 2.10. The van der Waals surface area contributed by atoms with Crippen molar-refractivity contribution >= 4 is 15.8 Å². The van der Waals surface area contributed by atoms with E-state index >= 15 is 0 Å². The highest BCUT2D eigenvalue weighted by Gasteiger charge is 2.37. The predicted molar refractivity (Wildman–Crippen MR) is 69.7 cm³/mol. The topological polar surface area (TPSA) is 110 Å². The Hall–Kier alpha value is -1.44. The smallest absolute Gasteiger partial charge is 0.303 e. The van der Waals surface area contributed by atoms with Crippen molar-refractivity contribution in [1.29, 1.82) is 0 Å². The quantitative estimate of drug-likeness (QED) is 0.840. The van der Waals surface area contributed by atoms with Crippen LogP contribution in [0.4, 0.5) is 0 Å². The van der Waals surface area contributed by atoms with Gasteiger partial charge < -0.3 is 9.52 Å². The molecule has 0 bridgehead atoms. The van der Waals surface area contributed by atoms with Crippen molar-refractivity contribution in [3.63, 3.8) is 0 Å². The first kappa shape index (κ1) is 15.0. The van der Waals surface area contributed by atoms with Gasteiger partial charge >= 0.3 is 5.97 Å². The molecule has 2 rings (SSSR count). The van der Waals surface area contributed by atoms with Crippen molar-refractivity contribution in [2.24, 2.45) is 5.41 Å². The molecule has 0 amide bonds. The lowest BCUT2D eigenvalue weighted by Gasteiger charge is -2.24. The monoisotopic (exact) mass is 302 g/mol. The SMILES string of the molecule is CS(=O)(=O)Cc1nnc(CC2(CC(=O)O)CCCC2)o1. The summed E-state index contributed by atoms with van der Waals surface area (Å²) in [6.07, 6.45) is 5.22. The molecule has 0 unspecified atom stereocenters. The van der Waals surface area contributed by atoms with Crippen LogP contribution < -0.4 is 0 Å². The molecule has 112 valence electrons. The molecule has 0 atom stereocenters. The van der Waals surface area contributed by atoms with Gasteiger partial charge in [0.25, 0.3) is 0 Å². The van der Waals surface area contributed by atoms with Gasteiger partial charge in [0.15, 0.2) is 9.84 Å². The van der Waals surface area contributed by atoms with Crippen molar-refractivity contribution < 1.29 is 22.7 Å². The minimum atomic E-state index is -3.22. The van der Waals surface area contributed by atoms with Gasteiger partial charge in [-0.15, -0.1) is 10.2 Å². The van der Waals surface area contributed by atoms with Crippen LogP contribution >= 0.6 is 0 Å². The van der Waals surface area contributed by atoms with Crippen molar-refractivity contribution in [3.8, 4) is 0 Å². The van der Waals surface area contributed by atoms with E-state index in [-0.39, 0.29) is 23.5 Å². The van der Waals surface area contributed by atoms with Gasteiger partial charge in [0.1, 0.15) is 5.75 Å². The molecule has 1 aromatic heterocycles. The van der Waals surface area contributed by atoms with Crippen molar-refractivity contribution in [2.45, 2.75) is 44.3 Å². The summed E-state index contributed by atoms with van der Waals surface area (Å²) in [6.45, 7) is 0. The number of carbonyl (C=O) groups is 1. The summed E-state index contributed by atoms with van der Waals surface area (Å²) in [5, 5.41) is 16.6. The first-order valence-corrected chi connectivity index (χ1v) is 8.55. The Bertz CT molecular complexity index is 587. The summed E-state index contributed by atoms with van der Waals surface area (Å²) in [4.78, 5) is 11.0. The van der Waals surface area contributed by atoms with Crippen LogP contribution in [0.25, 0.3) is 0 Å². The predicted octanol–water partition coefficient (Wildman–Crippen LogP) is 1.19. The van der Waals surface area contributed by atoms with Gasteiger partial charge in [-0.2, -0.15) is 0 Å². The number of aromatic nitrogens is 2. The maximum Gasteiger partial charge on any atom is 0.303 e. The minimum Gasteiger partial charge on any atom is -0.481 e. The zero-order valence-corrected chi connectivity index (χ0v) is 12.1. The number of nitrogens with zero attached hydrogens (tertiary/aromatic N) is 2. The number of hydrogen-bond donors (Lipinski definition) is 1. The molecule has 20 heavy (non-hydrogen) atoms. The second kappa shape index (κ2) is 5.51. The number of sulfone groups is 1. The molecule has 1 N–H and O–H groups in total. The molecule has 0 aromatic carbocycles. The molecule has 1 aliphatic rings. The number of carboxylic acid groups (broad SMARTS) is 1. The fraction of sp³-hybridized carbons (Fsp3) is 0.750. The van der Waals surface area contributed by atoms with E-state index in [1.165, 1.54) is 0 Å². The summed E-state index contributed by atoms with van der Waals surface area (Å²) in [7, 11) is -3.22. The van der Waals surface area contributed by atoms with Crippen LogP contribution in [-0.4, -0.2) is 35.9 Å². The Kier molecular flexibility index (Phi) is 4.12. The fourth-order valence-corrected chi connectivity index (χ4v) is 3.39. The molecule has 7 nitrogen and oxygen atoms in total. The van der Waals surface area contributed by atoms with Gasteiger partial charge in [0.05, 0.1) is 6.42 Å². The highest BCUT2D eigenvalue weighted by atomic mass is 32.2. The molecule has 1 fully saturated rings. The summed E-state index contributed by atoms with van der Waals surface area (Å²) < 4.78 is 27.6. The highest BCUT2D eigenvalue weighted by Crippen LogP contribution is 2.43. The van der Waals surface area contributed by atoms with E-state index in [1.54, 1.807) is 0 Å². The summed E-state index contributed by atoms with van der Waals surface area (Å²) >= 11 is 0. The summed E-state index contributed by atoms with van der Waals surface area (Å²) in [5.74, 6) is -0.730. The van der Waals surface area contributed by atoms with Crippen LogP contribution in [0.2, 0.25) is 0 Å². The molecular formula is C12H18N2O5S.